The summed E-state index contributed by atoms with van der Waals surface area (Å²) in [5.74, 6) is -0.817. The fourth-order valence-electron chi connectivity index (χ4n) is 1.75. The highest BCUT2D eigenvalue weighted by atomic mass is 32.1. The molecule has 1 aromatic carbocycles. The lowest BCUT2D eigenvalue weighted by molar-refractivity contribution is 0.593. The van der Waals surface area contributed by atoms with Gasteiger partial charge in [-0.05, 0) is 44.5 Å². The van der Waals surface area contributed by atoms with Gasteiger partial charge in [-0.1, -0.05) is 0 Å². The smallest absolute Gasteiger partial charge is 0.146 e. The largest absolute Gasteiger partial charge is 0.375 e. The predicted octanol–water partition coefficient (Wildman–Crippen LogP) is 4.82. The Hall–Kier alpha value is -1.42. The van der Waals surface area contributed by atoms with Gasteiger partial charge in [0.1, 0.15) is 11.6 Å². The molecule has 0 saturated carbocycles. The number of nitrogens with one attached hydrogen (secondary N) is 1. The van der Waals surface area contributed by atoms with Crippen LogP contribution in [0.15, 0.2) is 24.3 Å². The molecule has 4 heteroatoms. The molecule has 1 unspecified atom stereocenters. The number of thiophene rings is 1. The maximum atomic E-state index is 13.7. The topological polar surface area (TPSA) is 12.0 Å². The van der Waals surface area contributed by atoms with Crippen LogP contribution in [0.5, 0.6) is 0 Å². The molecular weight excluding hydrogens is 252 g/mol. The lowest BCUT2D eigenvalue weighted by Crippen LogP contribution is -2.07. The third kappa shape index (κ3) is 2.70. The lowest BCUT2D eigenvalue weighted by Gasteiger charge is -2.15. The van der Waals surface area contributed by atoms with Crippen molar-refractivity contribution in [3.8, 4) is 0 Å². The van der Waals surface area contributed by atoms with E-state index in [1.54, 1.807) is 18.3 Å². The molecule has 1 N–H and O–H groups in total. The molecule has 0 fully saturated rings. The Morgan fingerprint density at radius 1 is 1.11 bits per heavy atom. The highest BCUT2D eigenvalue weighted by Crippen LogP contribution is 2.27. The van der Waals surface area contributed by atoms with Gasteiger partial charge in [-0.25, -0.2) is 8.78 Å². The molecule has 0 aliphatic heterocycles. The van der Waals surface area contributed by atoms with Gasteiger partial charge in [0.15, 0.2) is 0 Å². The molecule has 0 amide bonds. The molecule has 0 saturated heterocycles. The average Bonchev–Trinajstić information content (AvgIpc) is 2.73. The Labute approximate surface area is 109 Å². The van der Waals surface area contributed by atoms with Crippen LogP contribution in [-0.2, 0) is 0 Å². The first-order valence-corrected chi connectivity index (χ1v) is 6.57. The molecule has 18 heavy (non-hydrogen) atoms. The Bertz CT molecular complexity index is 563. The van der Waals surface area contributed by atoms with E-state index in [0.717, 1.165) is 4.88 Å². The number of benzene rings is 1. The fraction of sp³-hybridized carbons (Fsp3) is 0.286. The van der Waals surface area contributed by atoms with E-state index in [0.29, 0.717) is 5.56 Å². The van der Waals surface area contributed by atoms with Gasteiger partial charge < -0.3 is 5.32 Å². The van der Waals surface area contributed by atoms with Crippen LogP contribution in [0.1, 0.15) is 28.3 Å². The van der Waals surface area contributed by atoms with Gasteiger partial charge in [-0.3, -0.25) is 0 Å². The van der Waals surface area contributed by atoms with Crippen molar-refractivity contribution in [2.45, 2.75) is 26.8 Å². The summed E-state index contributed by atoms with van der Waals surface area (Å²) in [5.41, 5.74) is 0.523. The van der Waals surface area contributed by atoms with Gasteiger partial charge >= 0.3 is 0 Å². The van der Waals surface area contributed by atoms with Crippen LogP contribution in [0.4, 0.5) is 14.5 Å². The summed E-state index contributed by atoms with van der Waals surface area (Å²) in [6.45, 7) is 5.50. The van der Waals surface area contributed by atoms with Crippen molar-refractivity contribution in [1.29, 1.82) is 0 Å². The van der Waals surface area contributed by atoms with Crippen molar-refractivity contribution >= 4 is 17.0 Å². The van der Waals surface area contributed by atoms with E-state index in [1.807, 2.05) is 26.0 Å². The molecule has 0 bridgehead atoms. The van der Waals surface area contributed by atoms with Crippen LogP contribution in [0, 0.1) is 25.5 Å². The van der Waals surface area contributed by atoms with Gasteiger partial charge in [0.05, 0.1) is 11.7 Å². The van der Waals surface area contributed by atoms with Crippen LogP contribution in [0.2, 0.25) is 0 Å². The number of hydrogen-bond donors (Lipinski definition) is 1. The third-order valence-corrected chi connectivity index (χ3v) is 3.99. The quantitative estimate of drug-likeness (QED) is 0.841. The summed E-state index contributed by atoms with van der Waals surface area (Å²) in [5, 5.41) is 3.00. The van der Waals surface area contributed by atoms with Gasteiger partial charge in [0, 0.05) is 15.8 Å². The summed E-state index contributed by atoms with van der Waals surface area (Å²) in [4.78, 5) is 2.31. The number of rotatable bonds is 3. The zero-order chi connectivity index (χ0) is 13.3. The van der Waals surface area contributed by atoms with E-state index in [2.05, 4.69) is 5.32 Å². The Kier molecular flexibility index (Phi) is 3.66. The van der Waals surface area contributed by atoms with Gasteiger partial charge in [0.25, 0.3) is 0 Å². The Balaban J connectivity index is 2.21. The Morgan fingerprint density at radius 3 is 2.44 bits per heavy atom. The zero-order valence-corrected chi connectivity index (χ0v) is 11.4. The summed E-state index contributed by atoms with van der Waals surface area (Å²) >= 11 is 1.65. The maximum Gasteiger partial charge on any atom is 0.146 e. The zero-order valence-electron chi connectivity index (χ0n) is 10.6. The second kappa shape index (κ2) is 5.06. The lowest BCUT2D eigenvalue weighted by atomic mass is 10.2. The van der Waals surface area contributed by atoms with Crippen LogP contribution >= 0.6 is 11.3 Å². The monoisotopic (exact) mass is 267 g/mol. The standard InChI is InChI=1S/C14H15F2NS/c1-8-6-12(16)13(7-11(8)15)17-10(3)14-5-4-9(2)18-14/h4-7,10,17H,1-3H3. The van der Waals surface area contributed by atoms with Crippen LogP contribution in [-0.4, -0.2) is 0 Å². The summed E-state index contributed by atoms with van der Waals surface area (Å²) < 4.78 is 27.1. The van der Waals surface area contributed by atoms with E-state index in [1.165, 1.54) is 17.0 Å². The number of aryl methyl sites for hydroxylation is 2. The fourth-order valence-corrected chi connectivity index (χ4v) is 2.63. The second-order valence-corrected chi connectivity index (χ2v) is 5.72. The number of halogens is 2. The molecule has 2 aromatic rings. The van der Waals surface area contributed by atoms with Crippen LogP contribution < -0.4 is 5.32 Å². The van der Waals surface area contributed by atoms with Crippen molar-refractivity contribution in [3.63, 3.8) is 0 Å². The molecule has 0 aliphatic rings. The maximum absolute atomic E-state index is 13.7. The van der Waals surface area contributed by atoms with Crippen molar-refractivity contribution < 1.29 is 8.78 Å². The molecule has 96 valence electrons. The van der Waals surface area contributed by atoms with Gasteiger partial charge in [-0.15, -0.1) is 11.3 Å². The average molecular weight is 267 g/mol. The first-order chi connectivity index (χ1) is 8.47. The van der Waals surface area contributed by atoms with E-state index < -0.39 is 11.6 Å². The molecule has 0 spiro atoms. The molecule has 1 nitrogen and oxygen atoms in total. The minimum atomic E-state index is -0.422. The summed E-state index contributed by atoms with van der Waals surface area (Å²) in [7, 11) is 0. The van der Waals surface area contributed by atoms with E-state index >= 15 is 0 Å². The highest BCUT2D eigenvalue weighted by Gasteiger charge is 2.12. The van der Waals surface area contributed by atoms with Crippen molar-refractivity contribution in [2.24, 2.45) is 0 Å². The number of anilines is 1. The van der Waals surface area contributed by atoms with E-state index in [-0.39, 0.29) is 11.7 Å². The summed E-state index contributed by atoms with van der Waals surface area (Å²) in [6.07, 6.45) is 0. The van der Waals surface area contributed by atoms with Gasteiger partial charge in [0.2, 0.25) is 0 Å². The molecular formula is C14H15F2NS. The van der Waals surface area contributed by atoms with Crippen molar-refractivity contribution in [1.82, 2.24) is 0 Å². The molecule has 0 aliphatic carbocycles. The van der Waals surface area contributed by atoms with Gasteiger partial charge in [-0.2, -0.15) is 0 Å². The van der Waals surface area contributed by atoms with Crippen LogP contribution in [0.25, 0.3) is 0 Å². The minimum Gasteiger partial charge on any atom is -0.375 e. The van der Waals surface area contributed by atoms with E-state index in [9.17, 15) is 8.78 Å². The minimum absolute atomic E-state index is 0.0414. The van der Waals surface area contributed by atoms with E-state index in [4.69, 9.17) is 0 Å². The SMILES string of the molecule is Cc1ccc(C(C)Nc2cc(F)c(C)cc2F)s1. The third-order valence-electron chi connectivity index (χ3n) is 2.81. The summed E-state index contributed by atoms with van der Waals surface area (Å²) in [6, 6.07) is 6.40. The first kappa shape index (κ1) is 13.0. The highest BCUT2D eigenvalue weighted by molar-refractivity contribution is 7.12. The second-order valence-electron chi connectivity index (χ2n) is 4.40. The molecule has 1 aromatic heterocycles. The molecule has 0 radical (unpaired) electrons. The molecule has 2 rings (SSSR count). The van der Waals surface area contributed by atoms with Crippen LogP contribution in [0.3, 0.4) is 0 Å². The molecule has 1 atom stereocenters. The normalized spacial score (nSPS) is 12.5. The molecule has 1 heterocycles. The number of hydrogen-bond acceptors (Lipinski definition) is 2. The predicted molar refractivity (Wildman–Crippen MR) is 72.2 cm³/mol. The Morgan fingerprint density at radius 2 is 1.83 bits per heavy atom. The first-order valence-electron chi connectivity index (χ1n) is 5.76. The van der Waals surface area contributed by atoms with Crippen molar-refractivity contribution in [2.75, 3.05) is 5.32 Å². The van der Waals surface area contributed by atoms with Crippen molar-refractivity contribution in [3.05, 3.63) is 51.2 Å².